The van der Waals surface area contributed by atoms with Gasteiger partial charge in [-0.15, -0.1) is 0 Å². The number of carbonyl (C=O) groups is 2. The van der Waals surface area contributed by atoms with Gasteiger partial charge in [0.25, 0.3) is 5.91 Å². The van der Waals surface area contributed by atoms with Crippen molar-refractivity contribution < 1.29 is 23.5 Å². The predicted molar refractivity (Wildman–Crippen MR) is 137 cm³/mol. The molecule has 0 aromatic heterocycles. The second-order valence-corrected chi connectivity index (χ2v) is 8.89. The Hall–Kier alpha value is -3.11. The Morgan fingerprint density at radius 2 is 1.85 bits per heavy atom. The van der Waals surface area contributed by atoms with Crippen LogP contribution in [0.25, 0.3) is 6.08 Å². The lowest BCUT2D eigenvalue weighted by Crippen LogP contribution is -2.30. The van der Waals surface area contributed by atoms with E-state index in [1.54, 1.807) is 48.5 Å². The Labute approximate surface area is 214 Å². The molecule has 1 aliphatic rings. The Kier molecular flexibility index (Phi) is 7.38. The molecule has 9 heteroatoms. The highest BCUT2D eigenvalue weighted by molar-refractivity contribution is 14.1. The number of hydrogen-bond donors (Lipinski definition) is 1. The van der Waals surface area contributed by atoms with E-state index in [1.165, 1.54) is 12.1 Å². The topological polar surface area (TPSA) is 67.9 Å². The number of nitrogens with one attached hydrogen (secondary N) is 1. The number of nitrogens with zero attached hydrogens (tertiary/aromatic N) is 1. The third-order valence-corrected chi connectivity index (χ3v) is 5.92. The van der Waals surface area contributed by atoms with E-state index in [9.17, 15) is 14.0 Å². The van der Waals surface area contributed by atoms with Crippen LogP contribution in [-0.2, 0) is 11.4 Å². The van der Waals surface area contributed by atoms with Crippen LogP contribution < -0.4 is 19.7 Å². The van der Waals surface area contributed by atoms with Crippen molar-refractivity contribution in [3.8, 4) is 11.5 Å². The number of imide groups is 1. The zero-order valence-electron chi connectivity index (χ0n) is 18.0. The summed E-state index contributed by atoms with van der Waals surface area (Å²) in [5.74, 6) is 0.230. The van der Waals surface area contributed by atoms with Gasteiger partial charge in [0.05, 0.1) is 15.9 Å². The molecule has 3 aromatic carbocycles. The molecule has 1 N–H and O–H groups in total. The molecule has 1 fully saturated rings. The van der Waals surface area contributed by atoms with Crippen LogP contribution in [0, 0.1) is 9.39 Å². The van der Waals surface area contributed by atoms with Crippen LogP contribution in [0.3, 0.4) is 0 Å². The number of rotatable bonds is 7. The first-order chi connectivity index (χ1) is 16.4. The van der Waals surface area contributed by atoms with Crippen molar-refractivity contribution in [2.75, 3.05) is 11.5 Å². The zero-order valence-corrected chi connectivity index (χ0v) is 20.9. The molecule has 0 radical (unpaired) electrons. The maximum absolute atomic E-state index is 13.2. The molecule has 1 aliphatic heterocycles. The number of hydrogen-bond acceptors (Lipinski definition) is 4. The number of carbonyl (C=O) groups excluding carboxylic acids is 2. The maximum Gasteiger partial charge on any atom is 0.333 e. The van der Waals surface area contributed by atoms with Crippen molar-refractivity contribution >= 4 is 57.9 Å². The van der Waals surface area contributed by atoms with E-state index in [2.05, 4.69) is 27.9 Å². The first-order valence-electron chi connectivity index (χ1n) is 10.3. The fourth-order valence-electron chi connectivity index (χ4n) is 3.36. The lowest BCUT2D eigenvalue weighted by atomic mass is 10.1. The van der Waals surface area contributed by atoms with Crippen LogP contribution in [-0.4, -0.2) is 18.5 Å². The van der Waals surface area contributed by atoms with E-state index in [1.807, 2.05) is 13.0 Å². The molecule has 4 rings (SSSR count). The van der Waals surface area contributed by atoms with E-state index < -0.39 is 11.9 Å². The van der Waals surface area contributed by atoms with Gasteiger partial charge in [-0.25, -0.2) is 14.1 Å². The minimum absolute atomic E-state index is 0.128. The third kappa shape index (κ3) is 5.34. The monoisotopic (exact) mass is 592 g/mol. The highest BCUT2D eigenvalue weighted by atomic mass is 127. The fourth-order valence-corrected chi connectivity index (χ4v) is 4.33. The van der Waals surface area contributed by atoms with Crippen LogP contribution >= 0.6 is 34.2 Å². The molecule has 6 nitrogen and oxygen atoms in total. The summed E-state index contributed by atoms with van der Waals surface area (Å²) in [6.07, 6.45) is 1.58. The molecule has 0 unspecified atom stereocenters. The molecule has 3 aromatic rings. The Balaban J connectivity index is 1.60. The van der Waals surface area contributed by atoms with E-state index in [0.717, 1.165) is 14.0 Å². The SMILES string of the molecule is CCOc1cc(/C=C2/NC(=O)N(c3cccc(Cl)c3)C2=O)cc(I)c1OCc1ccc(F)cc1. The molecule has 34 heavy (non-hydrogen) atoms. The third-order valence-electron chi connectivity index (χ3n) is 4.88. The minimum atomic E-state index is -0.558. The van der Waals surface area contributed by atoms with Crippen LogP contribution in [0.4, 0.5) is 14.9 Å². The summed E-state index contributed by atoms with van der Waals surface area (Å²) < 4.78 is 25.6. The molecule has 1 saturated heterocycles. The number of urea groups is 1. The van der Waals surface area contributed by atoms with Crippen molar-refractivity contribution in [2.24, 2.45) is 0 Å². The van der Waals surface area contributed by atoms with Gasteiger partial charge in [0.15, 0.2) is 11.5 Å². The molecule has 3 amide bonds. The summed E-state index contributed by atoms with van der Waals surface area (Å²) in [4.78, 5) is 26.4. The van der Waals surface area contributed by atoms with E-state index >= 15 is 0 Å². The van der Waals surface area contributed by atoms with Gasteiger partial charge in [-0.2, -0.15) is 0 Å². The van der Waals surface area contributed by atoms with Crippen LogP contribution in [0.15, 0.2) is 66.4 Å². The van der Waals surface area contributed by atoms with E-state index in [0.29, 0.717) is 34.4 Å². The van der Waals surface area contributed by atoms with Crippen LogP contribution in [0.5, 0.6) is 11.5 Å². The Morgan fingerprint density at radius 3 is 2.56 bits per heavy atom. The molecule has 0 atom stereocenters. The van der Waals surface area contributed by atoms with E-state index in [-0.39, 0.29) is 18.1 Å². The van der Waals surface area contributed by atoms with Gasteiger partial charge in [0.1, 0.15) is 18.1 Å². The summed E-state index contributed by atoms with van der Waals surface area (Å²) in [6.45, 7) is 2.49. The normalized spacial score (nSPS) is 14.5. The predicted octanol–water partition coefficient (Wildman–Crippen LogP) is 6.16. The van der Waals surface area contributed by atoms with Gasteiger partial charge in [-0.3, -0.25) is 4.79 Å². The van der Waals surface area contributed by atoms with E-state index in [4.69, 9.17) is 21.1 Å². The fraction of sp³-hybridized carbons (Fsp3) is 0.120. The van der Waals surface area contributed by atoms with Gasteiger partial charge in [0.2, 0.25) is 0 Å². The lowest BCUT2D eigenvalue weighted by molar-refractivity contribution is -0.113. The van der Waals surface area contributed by atoms with Crippen LogP contribution in [0.2, 0.25) is 5.02 Å². The quantitative estimate of drug-likeness (QED) is 0.203. The zero-order chi connectivity index (χ0) is 24.2. The molecule has 1 heterocycles. The van der Waals surface area contributed by atoms with Crippen molar-refractivity contribution in [1.82, 2.24) is 5.32 Å². The molecule has 174 valence electrons. The average molecular weight is 593 g/mol. The molecule has 0 bridgehead atoms. The molecule has 0 spiro atoms. The number of ether oxygens (including phenoxy) is 2. The van der Waals surface area contributed by atoms with Crippen molar-refractivity contribution in [1.29, 1.82) is 0 Å². The van der Waals surface area contributed by atoms with Gasteiger partial charge < -0.3 is 14.8 Å². The Morgan fingerprint density at radius 1 is 1.09 bits per heavy atom. The summed E-state index contributed by atoms with van der Waals surface area (Å²) >= 11 is 8.13. The Bertz CT molecular complexity index is 1280. The maximum atomic E-state index is 13.2. The smallest absolute Gasteiger partial charge is 0.333 e. The lowest BCUT2D eigenvalue weighted by Gasteiger charge is -2.15. The summed E-state index contributed by atoms with van der Waals surface area (Å²) in [5.41, 5.74) is 1.97. The first kappa shape index (κ1) is 24.0. The number of anilines is 1. The van der Waals surface area contributed by atoms with Crippen LogP contribution in [0.1, 0.15) is 18.1 Å². The molecule has 0 saturated carbocycles. The number of halogens is 3. The highest BCUT2D eigenvalue weighted by Crippen LogP contribution is 2.36. The second-order valence-electron chi connectivity index (χ2n) is 7.29. The molecular weight excluding hydrogens is 574 g/mol. The largest absolute Gasteiger partial charge is 0.490 e. The van der Waals surface area contributed by atoms with Crippen molar-refractivity contribution in [2.45, 2.75) is 13.5 Å². The number of benzene rings is 3. The summed E-state index contributed by atoms with van der Waals surface area (Å²) in [7, 11) is 0. The second kappa shape index (κ2) is 10.4. The van der Waals surface area contributed by atoms with Crippen molar-refractivity contribution in [3.63, 3.8) is 0 Å². The number of amides is 3. The van der Waals surface area contributed by atoms with Gasteiger partial charge in [0, 0.05) is 5.02 Å². The average Bonchev–Trinajstić information content (AvgIpc) is 3.07. The molecular formula is C25H19ClFIN2O4. The minimum Gasteiger partial charge on any atom is -0.490 e. The summed E-state index contributed by atoms with van der Waals surface area (Å²) in [6, 6.07) is 15.6. The first-order valence-corrected chi connectivity index (χ1v) is 11.8. The van der Waals surface area contributed by atoms with Gasteiger partial charge in [-0.05, 0) is 89.2 Å². The van der Waals surface area contributed by atoms with Gasteiger partial charge in [-0.1, -0.05) is 29.8 Å². The van der Waals surface area contributed by atoms with Crippen molar-refractivity contribution in [3.05, 3.63) is 91.9 Å². The standard InChI is InChI=1S/C25H19ClFIN2O4/c1-2-33-22-12-16(10-20(28)23(22)34-14-15-6-8-18(27)9-7-15)11-21-24(31)30(25(32)29-21)19-5-3-4-17(26)13-19/h3-13H,2,14H2,1H3,(H,29,32)/b21-11+. The summed E-state index contributed by atoms with van der Waals surface area (Å²) in [5, 5.41) is 3.03. The molecule has 0 aliphatic carbocycles. The highest BCUT2D eigenvalue weighted by Gasteiger charge is 2.35. The van der Waals surface area contributed by atoms with Gasteiger partial charge >= 0.3 is 6.03 Å².